The Morgan fingerprint density at radius 2 is 1.82 bits per heavy atom. The lowest BCUT2D eigenvalue weighted by molar-refractivity contribution is 0.122. The quantitative estimate of drug-likeness (QED) is 0.506. The van der Waals surface area contributed by atoms with Crippen molar-refractivity contribution in [1.82, 2.24) is 24.5 Å². The third kappa shape index (κ3) is 4.27. The molecule has 2 unspecified atom stereocenters. The summed E-state index contributed by atoms with van der Waals surface area (Å²) in [6.45, 7) is 3.17. The fraction of sp³-hybridized carbons (Fsp3) is 0.583. The number of aliphatic hydroxyl groups excluding tert-OH is 1. The van der Waals surface area contributed by atoms with Crippen LogP contribution in [0.15, 0.2) is 24.7 Å². The highest BCUT2D eigenvalue weighted by atomic mass is 16.5. The van der Waals surface area contributed by atoms with Crippen LogP contribution in [-0.4, -0.2) is 68.1 Å². The van der Waals surface area contributed by atoms with Crippen LogP contribution < -0.4 is 15.5 Å². The molecule has 0 spiro atoms. The van der Waals surface area contributed by atoms with Crippen molar-refractivity contribution in [3.63, 3.8) is 0 Å². The summed E-state index contributed by atoms with van der Waals surface area (Å²) in [5, 5.41) is 17.1. The van der Waals surface area contributed by atoms with Crippen molar-refractivity contribution in [3.05, 3.63) is 24.7 Å². The summed E-state index contributed by atoms with van der Waals surface area (Å²) < 4.78 is 7.64. The third-order valence-corrected chi connectivity index (χ3v) is 7.28. The van der Waals surface area contributed by atoms with Crippen molar-refractivity contribution in [2.45, 2.75) is 63.1 Å². The number of aliphatic hydroxyl groups is 1. The van der Waals surface area contributed by atoms with E-state index in [1.54, 1.807) is 0 Å². The van der Waals surface area contributed by atoms with E-state index < -0.39 is 0 Å². The minimum atomic E-state index is -0.368. The van der Waals surface area contributed by atoms with Gasteiger partial charge in [-0.15, -0.1) is 0 Å². The van der Waals surface area contributed by atoms with Crippen LogP contribution in [0.3, 0.4) is 0 Å². The Kier molecular flexibility index (Phi) is 5.92. The lowest BCUT2D eigenvalue weighted by Crippen LogP contribution is -2.36. The second-order valence-electron chi connectivity index (χ2n) is 9.54. The van der Waals surface area contributed by atoms with Crippen LogP contribution in [0, 0.1) is 0 Å². The van der Waals surface area contributed by atoms with Crippen molar-refractivity contribution in [2.24, 2.45) is 0 Å². The van der Waals surface area contributed by atoms with Crippen LogP contribution in [0.25, 0.3) is 11.2 Å². The summed E-state index contributed by atoms with van der Waals surface area (Å²) in [6.07, 6.45) is 10.9. The van der Waals surface area contributed by atoms with E-state index in [1.807, 2.05) is 24.7 Å². The molecular weight excluding hydrogens is 432 g/mol. The molecule has 2 aliphatic carbocycles. The van der Waals surface area contributed by atoms with Gasteiger partial charge in [0.25, 0.3) is 0 Å². The van der Waals surface area contributed by atoms with E-state index in [1.165, 1.54) is 12.8 Å². The van der Waals surface area contributed by atoms with Crippen molar-refractivity contribution in [3.8, 4) is 0 Å². The average Bonchev–Trinajstić information content (AvgIpc) is 3.62. The Morgan fingerprint density at radius 1 is 0.971 bits per heavy atom. The predicted molar refractivity (Wildman–Crippen MR) is 131 cm³/mol. The van der Waals surface area contributed by atoms with Gasteiger partial charge in [0.05, 0.1) is 43.6 Å². The smallest absolute Gasteiger partial charge is 0.227 e. The Morgan fingerprint density at radius 3 is 2.56 bits per heavy atom. The Balaban J connectivity index is 1.31. The molecule has 6 rings (SSSR count). The van der Waals surface area contributed by atoms with Crippen LogP contribution in [0.1, 0.15) is 51.0 Å². The first-order valence-electron chi connectivity index (χ1n) is 12.5. The molecule has 3 aromatic rings. The summed E-state index contributed by atoms with van der Waals surface area (Å²) in [4.78, 5) is 21.2. The van der Waals surface area contributed by atoms with Gasteiger partial charge < -0.3 is 29.9 Å². The normalized spacial score (nSPS) is 23.6. The van der Waals surface area contributed by atoms with Crippen LogP contribution in [0.2, 0.25) is 0 Å². The maximum Gasteiger partial charge on any atom is 0.227 e. The number of nitrogens with one attached hydrogen (secondary N) is 2. The van der Waals surface area contributed by atoms with Crippen LogP contribution in [0.5, 0.6) is 0 Å². The molecule has 3 aliphatic rings. The zero-order valence-electron chi connectivity index (χ0n) is 19.4. The molecule has 3 fully saturated rings. The van der Waals surface area contributed by atoms with Gasteiger partial charge in [0.1, 0.15) is 5.82 Å². The Hall–Kier alpha value is -2.98. The number of morpholine rings is 1. The van der Waals surface area contributed by atoms with Crippen LogP contribution in [0.4, 0.5) is 23.3 Å². The number of rotatable bonds is 6. The van der Waals surface area contributed by atoms with Gasteiger partial charge in [-0.2, -0.15) is 9.97 Å². The number of aromatic nitrogens is 5. The van der Waals surface area contributed by atoms with E-state index in [9.17, 15) is 5.11 Å². The molecule has 2 atom stereocenters. The highest BCUT2D eigenvalue weighted by Crippen LogP contribution is 2.34. The van der Waals surface area contributed by atoms with Gasteiger partial charge in [-0.05, 0) is 44.2 Å². The zero-order valence-corrected chi connectivity index (χ0v) is 19.4. The number of anilines is 4. The molecule has 1 saturated heterocycles. The van der Waals surface area contributed by atoms with E-state index in [-0.39, 0.29) is 12.1 Å². The predicted octanol–water partition coefficient (Wildman–Crippen LogP) is 3.24. The van der Waals surface area contributed by atoms with Gasteiger partial charge in [-0.1, -0.05) is 12.8 Å². The molecule has 34 heavy (non-hydrogen) atoms. The fourth-order valence-electron chi connectivity index (χ4n) is 5.37. The van der Waals surface area contributed by atoms with Crippen LogP contribution in [-0.2, 0) is 4.74 Å². The van der Waals surface area contributed by atoms with E-state index in [0.29, 0.717) is 17.8 Å². The van der Waals surface area contributed by atoms with Gasteiger partial charge in [0.2, 0.25) is 5.95 Å². The van der Waals surface area contributed by atoms with E-state index in [2.05, 4.69) is 25.1 Å². The topological polar surface area (TPSA) is 113 Å². The van der Waals surface area contributed by atoms with Crippen molar-refractivity contribution >= 4 is 34.4 Å². The SMILES string of the molecule is OC1CCCC1Nc1nc(Nc2ccc(N3CCOCC3)nc2)c2ncn(C3CCCC3)c2n1. The number of hydrogen-bond donors (Lipinski definition) is 3. The molecular formula is C24H32N8O2. The third-order valence-electron chi connectivity index (χ3n) is 7.28. The van der Waals surface area contributed by atoms with Gasteiger partial charge in [-0.25, -0.2) is 9.97 Å². The largest absolute Gasteiger partial charge is 0.391 e. The molecule has 0 aromatic carbocycles. The first-order chi connectivity index (χ1) is 16.7. The summed E-state index contributed by atoms with van der Waals surface area (Å²) in [7, 11) is 0. The molecule has 0 bridgehead atoms. The monoisotopic (exact) mass is 464 g/mol. The number of ether oxygens (including phenoxy) is 1. The molecule has 0 radical (unpaired) electrons. The van der Waals surface area contributed by atoms with Crippen molar-refractivity contribution < 1.29 is 9.84 Å². The molecule has 2 saturated carbocycles. The number of pyridine rings is 1. The highest BCUT2D eigenvalue weighted by molar-refractivity contribution is 5.86. The Labute approximate surface area is 198 Å². The molecule has 10 heteroatoms. The first kappa shape index (κ1) is 21.5. The number of imidazole rings is 1. The summed E-state index contributed by atoms with van der Waals surface area (Å²) in [5.41, 5.74) is 2.43. The molecule has 0 amide bonds. The van der Waals surface area contributed by atoms with Gasteiger partial charge in [0.15, 0.2) is 17.0 Å². The molecule has 3 N–H and O–H groups in total. The lowest BCUT2D eigenvalue weighted by Gasteiger charge is -2.27. The first-order valence-corrected chi connectivity index (χ1v) is 12.5. The number of fused-ring (bicyclic) bond motifs is 1. The van der Waals surface area contributed by atoms with Crippen molar-refractivity contribution in [1.29, 1.82) is 0 Å². The van der Waals surface area contributed by atoms with E-state index in [4.69, 9.17) is 19.7 Å². The molecule has 180 valence electrons. The highest BCUT2D eigenvalue weighted by Gasteiger charge is 2.27. The minimum absolute atomic E-state index is 0.0253. The molecule has 3 aromatic heterocycles. The van der Waals surface area contributed by atoms with Gasteiger partial charge in [-0.3, -0.25) is 0 Å². The standard InChI is InChI=1S/C24H32N8O2/c33-19-7-3-6-18(19)28-24-29-22(21-23(30-24)32(15-26-21)17-4-1-2-5-17)27-16-8-9-20(25-14-16)31-10-12-34-13-11-31/h8-9,14-15,17-19,33H,1-7,10-13H2,(H2,27,28,29,30). The molecule has 1 aliphatic heterocycles. The van der Waals surface area contributed by atoms with Crippen molar-refractivity contribution in [2.75, 3.05) is 41.8 Å². The summed E-state index contributed by atoms with van der Waals surface area (Å²) >= 11 is 0. The van der Waals surface area contributed by atoms with E-state index >= 15 is 0 Å². The van der Waals surface area contributed by atoms with Crippen LogP contribution >= 0.6 is 0 Å². The maximum atomic E-state index is 10.3. The second kappa shape index (κ2) is 9.34. The molecule has 10 nitrogen and oxygen atoms in total. The maximum absolute atomic E-state index is 10.3. The Bertz CT molecular complexity index is 1120. The van der Waals surface area contributed by atoms with Gasteiger partial charge in [0, 0.05) is 19.1 Å². The zero-order chi connectivity index (χ0) is 22.9. The van der Waals surface area contributed by atoms with E-state index in [0.717, 1.165) is 81.1 Å². The fourth-order valence-corrected chi connectivity index (χ4v) is 5.37. The lowest BCUT2D eigenvalue weighted by atomic mass is 10.2. The average molecular weight is 465 g/mol. The summed E-state index contributed by atoms with van der Waals surface area (Å²) in [5.74, 6) is 2.13. The second-order valence-corrected chi connectivity index (χ2v) is 9.54. The molecule has 4 heterocycles. The van der Waals surface area contributed by atoms with Gasteiger partial charge >= 0.3 is 0 Å². The number of hydrogen-bond acceptors (Lipinski definition) is 9. The number of nitrogens with zero attached hydrogens (tertiary/aromatic N) is 6. The minimum Gasteiger partial charge on any atom is -0.391 e. The summed E-state index contributed by atoms with van der Waals surface area (Å²) in [6, 6.07) is 4.44.